The molecule has 0 bridgehead atoms. The Morgan fingerprint density at radius 1 is 0.850 bits per heavy atom. The van der Waals surface area contributed by atoms with Crippen LogP contribution in [-0.2, 0) is 6.42 Å². The summed E-state index contributed by atoms with van der Waals surface area (Å²) in [5.74, 6) is 1.08. The predicted octanol–water partition coefficient (Wildman–Crippen LogP) is 4.25. The maximum Gasteiger partial charge on any atom is 0.122 e. The zero-order valence-electron chi connectivity index (χ0n) is 11.3. The molecule has 2 heterocycles. The molecule has 2 aromatic carbocycles. The van der Waals surface area contributed by atoms with E-state index in [9.17, 15) is 0 Å². The lowest BCUT2D eigenvalue weighted by molar-refractivity contribution is 0.288. The molecule has 0 saturated carbocycles. The molecule has 0 unspecified atom stereocenters. The first-order chi connectivity index (χ1) is 9.93. The highest BCUT2D eigenvalue weighted by Gasteiger charge is 2.06. The summed E-state index contributed by atoms with van der Waals surface area (Å²) in [6.45, 7) is 0.886. The smallest absolute Gasteiger partial charge is 0.122 e. The van der Waals surface area contributed by atoms with Gasteiger partial charge in [-0.15, -0.1) is 0 Å². The minimum absolute atomic E-state index is 0.886. The molecular weight excluding hydrogens is 246 g/mol. The van der Waals surface area contributed by atoms with Crippen molar-refractivity contribution >= 4 is 10.9 Å². The summed E-state index contributed by atoms with van der Waals surface area (Å²) < 4.78 is 5.42. The van der Waals surface area contributed by atoms with E-state index >= 15 is 0 Å². The lowest BCUT2D eigenvalue weighted by Gasteiger charge is -2.15. The lowest BCUT2D eigenvalue weighted by Crippen LogP contribution is -2.07. The van der Waals surface area contributed by atoms with E-state index in [1.54, 1.807) is 0 Å². The second-order valence-electron chi connectivity index (χ2n) is 4.76. The molecule has 1 aromatic heterocycles. The van der Waals surface area contributed by atoms with E-state index in [1.807, 2.05) is 42.6 Å². The molecule has 0 radical (unpaired) electrons. The number of fused-ring (bicyclic) bond motifs is 2. The molecule has 0 saturated heterocycles. The number of benzene rings is 2. The number of pyridine rings is 1. The lowest BCUT2D eigenvalue weighted by atomic mass is 10.1. The molecule has 0 amide bonds. The molecule has 0 spiro atoms. The van der Waals surface area contributed by atoms with Gasteiger partial charge in [0.05, 0.1) is 12.1 Å². The maximum absolute atomic E-state index is 5.42. The highest BCUT2D eigenvalue weighted by Crippen LogP contribution is 2.23. The monoisotopic (exact) mass is 263 g/mol. The van der Waals surface area contributed by atoms with Crippen LogP contribution >= 0.6 is 0 Å². The first-order valence-electron chi connectivity index (χ1n) is 6.94. The molecule has 4 rings (SSSR count). The highest BCUT2D eigenvalue weighted by molar-refractivity contribution is 5.77. The van der Waals surface area contributed by atoms with Gasteiger partial charge < -0.3 is 4.74 Å². The van der Waals surface area contributed by atoms with Gasteiger partial charge in [-0.05, 0) is 36.6 Å². The van der Waals surface area contributed by atoms with E-state index in [1.165, 1.54) is 17.4 Å². The quantitative estimate of drug-likeness (QED) is 0.605. The Kier molecular flexibility index (Phi) is 3.93. The Morgan fingerprint density at radius 2 is 1.65 bits per heavy atom. The third-order valence-electron chi connectivity index (χ3n) is 3.33. The van der Waals surface area contributed by atoms with Crippen molar-refractivity contribution in [2.45, 2.75) is 12.8 Å². The van der Waals surface area contributed by atoms with Crippen LogP contribution in [0.25, 0.3) is 10.9 Å². The van der Waals surface area contributed by atoms with Crippen LogP contribution in [0.5, 0.6) is 5.75 Å². The van der Waals surface area contributed by atoms with Crippen molar-refractivity contribution < 1.29 is 4.74 Å². The van der Waals surface area contributed by atoms with Crippen LogP contribution in [0.4, 0.5) is 0 Å². The summed E-state index contributed by atoms with van der Waals surface area (Å²) in [6, 6.07) is 20.3. The van der Waals surface area contributed by atoms with Crippen molar-refractivity contribution in [3.05, 3.63) is 72.4 Å². The average Bonchev–Trinajstić information content (AvgIpc) is 2.56. The first kappa shape index (κ1) is 12.7. The molecule has 1 aliphatic heterocycles. The Labute approximate surface area is 119 Å². The topological polar surface area (TPSA) is 22.1 Å². The standard InChI is InChI=1S/C9H7N.C9H10O/c2*1-2-6-9-8(4-1)5-3-7-10-9/h1-7H;1-2,4,6H,3,5,7H2. The number of para-hydroxylation sites is 2. The van der Waals surface area contributed by atoms with Gasteiger partial charge in [-0.3, -0.25) is 4.98 Å². The molecule has 2 heteroatoms. The molecule has 0 atom stereocenters. The van der Waals surface area contributed by atoms with Crippen molar-refractivity contribution in [3.63, 3.8) is 0 Å². The molecule has 0 fully saturated rings. The Bertz CT molecular complexity index is 603. The van der Waals surface area contributed by atoms with E-state index in [2.05, 4.69) is 29.2 Å². The molecule has 1 aliphatic rings. The Balaban J connectivity index is 0.000000121. The van der Waals surface area contributed by atoms with Gasteiger partial charge in [0.2, 0.25) is 0 Å². The van der Waals surface area contributed by atoms with E-state index in [-0.39, 0.29) is 0 Å². The fourth-order valence-electron chi connectivity index (χ4n) is 2.31. The molecule has 20 heavy (non-hydrogen) atoms. The van der Waals surface area contributed by atoms with Crippen LogP contribution in [0.1, 0.15) is 12.0 Å². The third kappa shape index (κ3) is 2.97. The van der Waals surface area contributed by atoms with Gasteiger partial charge in [-0.2, -0.15) is 0 Å². The Morgan fingerprint density at radius 3 is 2.55 bits per heavy atom. The SMILES string of the molecule is c1ccc2c(c1)CCCO2.c1ccc2ncccc2c1. The highest BCUT2D eigenvalue weighted by atomic mass is 16.5. The fraction of sp³-hybridized carbons (Fsp3) is 0.167. The van der Waals surface area contributed by atoms with E-state index in [4.69, 9.17) is 4.74 Å². The third-order valence-corrected chi connectivity index (χ3v) is 3.33. The largest absolute Gasteiger partial charge is 0.493 e. The van der Waals surface area contributed by atoms with Gasteiger partial charge in [0, 0.05) is 11.6 Å². The summed E-state index contributed by atoms with van der Waals surface area (Å²) in [7, 11) is 0. The number of aromatic nitrogens is 1. The molecule has 0 N–H and O–H groups in total. The second-order valence-corrected chi connectivity index (χ2v) is 4.76. The summed E-state index contributed by atoms with van der Waals surface area (Å²) >= 11 is 0. The van der Waals surface area contributed by atoms with Crippen molar-refractivity contribution in [3.8, 4) is 5.75 Å². The normalized spacial score (nSPS) is 12.8. The minimum atomic E-state index is 0.886. The van der Waals surface area contributed by atoms with Crippen LogP contribution in [0, 0.1) is 0 Å². The van der Waals surface area contributed by atoms with Gasteiger partial charge in [-0.1, -0.05) is 42.5 Å². The van der Waals surface area contributed by atoms with Gasteiger partial charge in [0.1, 0.15) is 5.75 Å². The van der Waals surface area contributed by atoms with E-state index < -0.39 is 0 Å². The van der Waals surface area contributed by atoms with Gasteiger partial charge >= 0.3 is 0 Å². The molecule has 2 nitrogen and oxygen atoms in total. The number of hydrogen-bond donors (Lipinski definition) is 0. The van der Waals surface area contributed by atoms with Crippen LogP contribution in [0.3, 0.4) is 0 Å². The van der Waals surface area contributed by atoms with Crippen LogP contribution in [-0.4, -0.2) is 11.6 Å². The van der Waals surface area contributed by atoms with E-state index in [0.29, 0.717) is 0 Å². The summed E-state index contributed by atoms with van der Waals surface area (Å²) in [4.78, 5) is 4.18. The number of hydrogen-bond acceptors (Lipinski definition) is 2. The molecule has 3 aromatic rings. The summed E-state index contributed by atoms with van der Waals surface area (Å²) in [6.07, 6.45) is 4.15. The Hall–Kier alpha value is -2.35. The van der Waals surface area contributed by atoms with Crippen molar-refractivity contribution in [1.82, 2.24) is 4.98 Å². The van der Waals surface area contributed by atoms with Crippen molar-refractivity contribution in [2.24, 2.45) is 0 Å². The second kappa shape index (κ2) is 6.20. The predicted molar refractivity (Wildman–Crippen MR) is 82.0 cm³/mol. The maximum atomic E-state index is 5.42. The summed E-state index contributed by atoms with van der Waals surface area (Å²) in [5, 5.41) is 1.20. The van der Waals surface area contributed by atoms with Crippen LogP contribution in [0.15, 0.2) is 66.9 Å². The number of aryl methyl sites for hydroxylation is 1. The average molecular weight is 263 g/mol. The van der Waals surface area contributed by atoms with Gasteiger partial charge in [0.15, 0.2) is 0 Å². The zero-order chi connectivity index (χ0) is 13.6. The summed E-state index contributed by atoms with van der Waals surface area (Å²) in [5.41, 5.74) is 2.42. The fourth-order valence-corrected chi connectivity index (χ4v) is 2.31. The molecular formula is C18H17NO. The van der Waals surface area contributed by atoms with Crippen molar-refractivity contribution in [2.75, 3.05) is 6.61 Å². The van der Waals surface area contributed by atoms with E-state index in [0.717, 1.165) is 24.3 Å². The van der Waals surface area contributed by atoms with Crippen LogP contribution in [0.2, 0.25) is 0 Å². The van der Waals surface area contributed by atoms with Crippen molar-refractivity contribution in [1.29, 1.82) is 0 Å². The number of nitrogens with zero attached hydrogens (tertiary/aromatic N) is 1. The van der Waals surface area contributed by atoms with Gasteiger partial charge in [-0.25, -0.2) is 0 Å². The molecule has 100 valence electrons. The minimum Gasteiger partial charge on any atom is -0.493 e. The van der Waals surface area contributed by atoms with Crippen LogP contribution < -0.4 is 4.74 Å². The number of ether oxygens (including phenoxy) is 1. The first-order valence-corrected chi connectivity index (χ1v) is 6.94. The molecule has 0 aliphatic carbocycles. The van der Waals surface area contributed by atoms with Gasteiger partial charge in [0.25, 0.3) is 0 Å². The number of rotatable bonds is 0. The zero-order valence-corrected chi connectivity index (χ0v) is 11.3.